The number of amides is 3. The summed E-state index contributed by atoms with van der Waals surface area (Å²) < 4.78 is 15.4. The standard InChI is InChI=1S/C26H29N3O7/c1-34-19-13-12-17-22(23(19)36-3)26(33)29-18-10-7-6-9-16(18)25(32)28(24(17)29)14-8-4-5-11-20(30)27-15-21(31)35-2/h6-7,9-10,12-13,24H,4-5,8,11,14-15H2,1-3H3,(H,27,30)/t24-/m0/s1. The Labute approximate surface area is 209 Å². The van der Waals surface area contributed by atoms with E-state index in [4.69, 9.17) is 9.47 Å². The molecule has 2 aromatic carbocycles. The number of methoxy groups -OCH3 is 3. The van der Waals surface area contributed by atoms with E-state index < -0.39 is 12.1 Å². The Balaban J connectivity index is 1.52. The molecule has 0 unspecified atom stereocenters. The number of nitrogens with zero attached hydrogens (tertiary/aromatic N) is 2. The maximum Gasteiger partial charge on any atom is 0.325 e. The molecular weight excluding hydrogens is 466 g/mol. The van der Waals surface area contributed by atoms with Crippen molar-refractivity contribution in [2.24, 2.45) is 0 Å². The summed E-state index contributed by atoms with van der Waals surface area (Å²) in [6.07, 6.45) is 1.59. The minimum Gasteiger partial charge on any atom is -0.493 e. The van der Waals surface area contributed by atoms with Crippen LogP contribution in [0.5, 0.6) is 11.5 Å². The predicted molar refractivity (Wildman–Crippen MR) is 130 cm³/mol. The van der Waals surface area contributed by atoms with Gasteiger partial charge in [-0.1, -0.05) is 24.6 Å². The summed E-state index contributed by atoms with van der Waals surface area (Å²) in [5.41, 5.74) is 2.09. The highest BCUT2D eigenvalue weighted by atomic mass is 16.5. The van der Waals surface area contributed by atoms with Gasteiger partial charge in [-0.15, -0.1) is 0 Å². The molecule has 2 aliphatic heterocycles. The zero-order chi connectivity index (χ0) is 25.8. The van der Waals surface area contributed by atoms with E-state index in [2.05, 4.69) is 10.1 Å². The van der Waals surface area contributed by atoms with Crippen molar-refractivity contribution < 1.29 is 33.4 Å². The smallest absolute Gasteiger partial charge is 0.325 e. The number of benzene rings is 2. The molecule has 2 aliphatic rings. The number of nitrogens with one attached hydrogen (secondary N) is 1. The van der Waals surface area contributed by atoms with E-state index in [1.165, 1.54) is 21.3 Å². The fraction of sp³-hybridized carbons (Fsp3) is 0.385. The number of fused-ring (bicyclic) bond motifs is 5. The molecule has 2 aromatic rings. The second-order valence-electron chi connectivity index (χ2n) is 8.49. The molecule has 1 N–H and O–H groups in total. The lowest BCUT2D eigenvalue weighted by Gasteiger charge is -2.41. The molecule has 4 rings (SSSR count). The minimum atomic E-state index is -0.599. The number of hydrogen-bond acceptors (Lipinski definition) is 7. The van der Waals surface area contributed by atoms with Crippen molar-refractivity contribution in [1.82, 2.24) is 10.2 Å². The summed E-state index contributed by atoms with van der Waals surface area (Å²) >= 11 is 0. The summed E-state index contributed by atoms with van der Waals surface area (Å²) in [5.74, 6) is -0.349. The zero-order valence-corrected chi connectivity index (χ0v) is 20.5. The molecule has 0 spiro atoms. The van der Waals surface area contributed by atoms with Gasteiger partial charge in [-0.05, 0) is 31.0 Å². The lowest BCUT2D eigenvalue weighted by Crippen LogP contribution is -2.48. The highest BCUT2D eigenvalue weighted by Gasteiger charge is 2.49. The first-order valence-electron chi connectivity index (χ1n) is 11.7. The molecule has 3 amide bonds. The van der Waals surface area contributed by atoms with Crippen molar-refractivity contribution in [3.8, 4) is 11.5 Å². The van der Waals surface area contributed by atoms with Gasteiger partial charge in [0.2, 0.25) is 5.91 Å². The van der Waals surface area contributed by atoms with Crippen molar-refractivity contribution in [3.63, 3.8) is 0 Å². The Kier molecular flexibility index (Phi) is 7.42. The third-order valence-electron chi connectivity index (χ3n) is 6.44. The number of carbonyl (C=O) groups is 4. The van der Waals surface area contributed by atoms with E-state index in [0.29, 0.717) is 59.7 Å². The summed E-state index contributed by atoms with van der Waals surface area (Å²) in [4.78, 5) is 53.6. The van der Waals surface area contributed by atoms with Crippen LogP contribution in [0.1, 0.15) is 58.1 Å². The SMILES string of the molecule is COC(=O)CNC(=O)CCCCCN1C(=O)c2ccccc2N2C(=O)c3c(ccc(OC)c3OC)[C@@H]12. The number of rotatable bonds is 10. The molecule has 10 heteroatoms. The Morgan fingerprint density at radius 3 is 2.44 bits per heavy atom. The molecule has 10 nitrogen and oxygen atoms in total. The van der Waals surface area contributed by atoms with Gasteiger partial charge < -0.3 is 24.4 Å². The molecule has 0 aliphatic carbocycles. The molecule has 0 saturated heterocycles. The second-order valence-corrected chi connectivity index (χ2v) is 8.49. The van der Waals surface area contributed by atoms with Crippen LogP contribution in [0.25, 0.3) is 0 Å². The lowest BCUT2D eigenvalue weighted by molar-refractivity contribution is -0.141. The van der Waals surface area contributed by atoms with Crippen LogP contribution in [-0.4, -0.2) is 63.0 Å². The fourth-order valence-corrected chi connectivity index (χ4v) is 4.73. The van der Waals surface area contributed by atoms with Crippen molar-refractivity contribution in [1.29, 1.82) is 0 Å². The van der Waals surface area contributed by atoms with Crippen molar-refractivity contribution in [2.75, 3.05) is 39.3 Å². The van der Waals surface area contributed by atoms with Crippen LogP contribution in [-0.2, 0) is 14.3 Å². The summed E-state index contributed by atoms with van der Waals surface area (Å²) in [7, 11) is 4.26. The molecule has 0 bridgehead atoms. The van der Waals surface area contributed by atoms with Gasteiger partial charge in [-0.2, -0.15) is 0 Å². The Morgan fingerprint density at radius 2 is 1.72 bits per heavy atom. The molecule has 190 valence electrons. The normalized spacial score (nSPS) is 15.7. The van der Waals surface area contributed by atoms with Gasteiger partial charge in [0.1, 0.15) is 12.7 Å². The molecular formula is C26H29N3O7. The zero-order valence-electron chi connectivity index (χ0n) is 20.5. The molecule has 2 heterocycles. The first kappa shape index (κ1) is 25.0. The number of ether oxygens (including phenoxy) is 3. The van der Waals surface area contributed by atoms with Crippen LogP contribution in [0.15, 0.2) is 36.4 Å². The largest absolute Gasteiger partial charge is 0.493 e. The lowest BCUT2D eigenvalue weighted by atomic mass is 10.0. The number of para-hydroxylation sites is 1. The minimum absolute atomic E-state index is 0.155. The van der Waals surface area contributed by atoms with Gasteiger partial charge in [0.25, 0.3) is 11.8 Å². The first-order valence-corrected chi connectivity index (χ1v) is 11.7. The molecule has 1 atom stereocenters. The van der Waals surface area contributed by atoms with Crippen LogP contribution in [0, 0.1) is 0 Å². The molecule has 36 heavy (non-hydrogen) atoms. The third kappa shape index (κ3) is 4.46. The van der Waals surface area contributed by atoms with Gasteiger partial charge in [-0.25, -0.2) is 0 Å². The first-order chi connectivity index (χ1) is 17.4. The number of esters is 1. The van der Waals surface area contributed by atoms with Gasteiger partial charge in [0, 0.05) is 18.5 Å². The molecule has 0 saturated carbocycles. The summed E-state index contributed by atoms with van der Waals surface area (Å²) in [5, 5.41) is 2.51. The number of anilines is 1. The van der Waals surface area contributed by atoms with Crippen LogP contribution in [0.3, 0.4) is 0 Å². The van der Waals surface area contributed by atoms with Crippen molar-refractivity contribution in [2.45, 2.75) is 31.8 Å². The number of hydrogen-bond donors (Lipinski definition) is 1. The van der Waals surface area contributed by atoms with Crippen LogP contribution in [0.4, 0.5) is 5.69 Å². The van der Waals surface area contributed by atoms with E-state index in [1.54, 1.807) is 46.2 Å². The highest BCUT2D eigenvalue weighted by molar-refractivity contribution is 6.18. The van der Waals surface area contributed by atoms with Crippen LogP contribution < -0.4 is 19.7 Å². The summed E-state index contributed by atoms with van der Waals surface area (Å²) in [6, 6.07) is 10.6. The van der Waals surface area contributed by atoms with E-state index in [-0.39, 0.29) is 30.7 Å². The fourth-order valence-electron chi connectivity index (χ4n) is 4.73. The average Bonchev–Trinajstić information content (AvgIpc) is 3.20. The van der Waals surface area contributed by atoms with E-state index in [1.807, 2.05) is 0 Å². The molecule has 0 radical (unpaired) electrons. The van der Waals surface area contributed by atoms with Gasteiger partial charge >= 0.3 is 5.97 Å². The molecule has 0 fully saturated rings. The highest BCUT2D eigenvalue weighted by Crippen LogP contribution is 2.49. The maximum atomic E-state index is 13.7. The monoisotopic (exact) mass is 495 g/mol. The quantitative estimate of drug-likeness (QED) is 0.398. The van der Waals surface area contributed by atoms with Gasteiger partial charge in [-0.3, -0.25) is 24.1 Å². The Bertz CT molecular complexity index is 1200. The summed E-state index contributed by atoms with van der Waals surface area (Å²) in [6.45, 7) is 0.245. The van der Waals surface area contributed by atoms with Crippen molar-refractivity contribution in [3.05, 3.63) is 53.1 Å². The Morgan fingerprint density at radius 1 is 0.944 bits per heavy atom. The van der Waals surface area contributed by atoms with Gasteiger partial charge in [0.15, 0.2) is 11.5 Å². The topological polar surface area (TPSA) is 114 Å². The second kappa shape index (κ2) is 10.7. The number of unbranched alkanes of at least 4 members (excludes halogenated alkanes) is 2. The van der Waals surface area contributed by atoms with E-state index in [0.717, 1.165) is 0 Å². The van der Waals surface area contributed by atoms with Crippen LogP contribution in [0.2, 0.25) is 0 Å². The van der Waals surface area contributed by atoms with E-state index >= 15 is 0 Å². The molecule has 0 aromatic heterocycles. The third-order valence-corrected chi connectivity index (χ3v) is 6.44. The van der Waals surface area contributed by atoms with Crippen molar-refractivity contribution >= 4 is 29.4 Å². The maximum absolute atomic E-state index is 13.7. The number of carbonyl (C=O) groups excluding carboxylic acids is 4. The van der Waals surface area contributed by atoms with E-state index in [9.17, 15) is 19.2 Å². The van der Waals surface area contributed by atoms with Gasteiger partial charge in [0.05, 0.1) is 38.1 Å². The predicted octanol–water partition coefficient (Wildman–Crippen LogP) is 2.67. The van der Waals surface area contributed by atoms with Crippen LogP contribution >= 0.6 is 0 Å². The average molecular weight is 496 g/mol. The Hall–Kier alpha value is -4.08.